The van der Waals surface area contributed by atoms with E-state index in [9.17, 15) is 0 Å². The Kier molecular flexibility index (Phi) is 4.07. The molecule has 0 bridgehead atoms. The van der Waals surface area contributed by atoms with Crippen LogP contribution in [0.4, 0.5) is 0 Å². The maximum atomic E-state index is 7.57. The molecule has 0 atom stereocenters. The van der Waals surface area contributed by atoms with Crippen LogP contribution in [0, 0.1) is 12.3 Å². The molecule has 6 heteroatoms. The van der Waals surface area contributed by atoms with E-state index in [0.29, 0.717) is 5.56 Å². The number of nitrogens with one attached hydrogen (secondary N) is 2. The number of aromatic nitrogens is 2. The molecular formula is C14H16N6. The summed E-state index contributed by atoms with van der Waals surface area (Å²) in [5, 5.41) is 7.57. The summed E-state index contributed by atoms with van der Waals surface area (Å²) in [6.45, 7) is 5.41. The fourth-order valence-corrected chi connectivity index (χ4v) is 1.84. The van der Waals surface area contributed by atoms with Gasteiger partial charge in [0.2, 0.25) is 0 Å². The number of hydrogen-bond acceptors (Lipinski definition) is 4. The lowest BCUT2D eigenvalue weighted by Crippen LogP contribution is -2.30. The number of hydrogen-bond donors (Lipinski definition) is 3. The highest BCUT2D eigenvalue weighted by Gasteiger charge is 2.06. The zero-order valence-corrected chi connectivity index (χ0v) is 11.2. The van der Waals surface area contributed by atoms with Crippen LogP contribution in [0.15, 0.2) is 41.8 Å². The highest BCUT2D eigenvalue weighted by atomic mass is 15.2. The molecule has 2 aromatic heterocycles. The molecule has 6 nitrogen and oxygen atoms in total. The molecular weight excluding hydrogens is 252 g/mol. The van der Waals surface area contributed by atoms with Crippen molar-refractivity contribution in [3.8, 4) is 5.82 Å². The Labute approximate surface area is 117 Å². The first-order chi connectivity index (χ1) is 9.67. The molecule has 102 valence electrons. The fourth-order valence-electron chi connectivity index (χ4n) is 1.84. The van der Waals surface area contributed by atoms with Crippen molar-refractivity contribution in [1.82, 2.24) is 15.0 Å². The third-order valence-electron chi connectivity index (χ3n) is 2.97. The van der Waals surface area contributed by atoms with E-state index in [1.165, 1.54) is 0 Å². The molecule has 0 saturated heterocycles. The SMILES string of the molecule is C=N/C=C\c1ccn(-c2ccc(C(=N)NN)cn2)c1C. The minimum absolute atomic E-state index is 0.133. The maximum absolute atomic E-state index is 7.57. The van der Waals surface area contributed by atoms with Crippen LogP contribution in [-0.2, 0) is 0 Å². The monoisotopic (exact) mass is 268 g/mol. The zero-order chi connectivity index (χ0) is 14.5. The Morgan fingerprint density at radius 3 is 2.90 bits per heavy atom. The van der Waals surface area contributed by atoms with Gasteiger partial charge in [-0.15, -0.1) is 0 Å². The second kappa shape index (κ2) is 5.94. The lowest BCUT2D eigenvalue weighted by molar-refractivity contribution is 0.955. The molecule has 4 N–H and O–H groups in total. The molecule has 0 aliphatic carbocycles. The van der Waals surface area contributed by atoms with Crippen LogP contribution < -0.4 is 11.3 Å². The van der Waals surface area contributed by atoms with Gasteiger partial charge in [0, 0.05) is 29.9 Å². The van der Waals surface area contributed by atoms with Gasteiger partial charge in [-0.25, -0.2) is 10.8 Å². The Balaban J connectivity index is 2.32. The van der Waals surface area contributed by atoms with Crippen LogP contribution >= 0.6 is 0 Å². The molecule has 0 radical (unpaired) electrons. The average Bonchev–Trinajstić information content (AvgIpc) is 2.85. The van der Waals surface area contributed by atoms with Crippen LogP contribution in [0.1, 0.15) is 16.8 Å². The van der Waals surface area contributed by atoms with E-state index in [2.05, 4.69) is 22.1 Å². The number of nitrogens with two attached hydrogens (primary N) is 1. The third kappa shape index (κ3) is 2.65. The van der Waals surface area contributed by atoms with E-state index in [1.807, 2.05) is 35.9 Å². The van der Waals surface area contributed by atoms with Crippen LogP contribution in [0.3, 0.4) is 0 Å². The van der Waals surface area contributed by atoms with E-state index in [0.717, 1.165) is 17.1 Å². The molecule has 0 spiro atoms. The topological polar surface area (TPSA) is 92.1 Å². The highest BCUT2D eigenvalue weighted by Crippen LogP contribution is 2.16. The molecule has 0 unspecified atom stereocenters. The molecule has 0 amide bonds. The smallest absolute Gasteiger partial charge is 0.141 e. The summed E-state index contributed by atoms with van der Waals surface area (Å²) in [6.07, 6.45) is 7.09. The third-order valence-corrected chi connectivity index (χ3v) is 2.97. The second-order valence-electron chi connectivity index (χ2n) is 4.15. The number of amidine groups is 1. The van der Waals surface area contributed by atoms with E-state index < -0.39 is 0 Å². The molecule has 0 aliphatic rings. The molecule has 0 fully saturated rings. The molecule has 20 heavy (non-hydrogen) atoms. The van der Waals surface area contributed by atoms with E-state index in [-0.39, 0.29) is 5.84 Å². The first-order valence-corrected chi connectivity index (χ1v) is 5.99. The Morgan fingerprint density at radius 2 is 2.30 bits per heavy atom. The van der Waals surface area contributed by atoms with Crippen molar-refractivity contribution in [3.05, 3.63) is 53.6 Å². The fraction of sp³-hybridized carbons (Fsp3) is 0.0714. The molecule has 0 aromatic carbocycles. The average molecular weight is 268 g/mol. The van der Waals surface area contributed by atoms with Gasteiger partial charge < -0.3 is 9.99 Å². The van der Waals surface area contributed by atoms with Gasteiger partial charge >= 0.3 is 0 Å². The maximum Gasteiger partial charge on any atom is 0.141 e. The molecule has 0 saturated carbocycles. The summed E-state index contributed by atoms with van der Waals surface area (Å²) < 4.78 is 1.96. The number of rotatable bonds is 4. The minimum Gasteiger partial charge on any atom is -0.308 e. The van der Waals surface area contributed by atoms with Crippen molar-refractivity contribution in [3.63, 3.8) is 0 Å². The minimum atomic E-state index is 0.133. The predicted octanol–water partition coefficient (Wildman–Crippen LogP) is 1.64. The zero-order valence-electron chi connectivity index (χ0n) is 11.2. The van der Waals surface area contributed by atoms with Gasteiger partial charge in [0.05, 0.1) is 0 Å². The van der Waals surface area contributed by atoms with Crippen molar-refractivity contribution in [1.29, 1.82) is 5.41 Å². The number of nitrogens with zero attached hydrogens (tertiary/aromatic N) is 3. The van der Waals surface area contributed by atoms with Crippen molar-refractivity contribution in [2.24, 2.45) is 10.8 Å². The lowest BCUT2D eigenvalue weighted by Gasteiger charge is -2.07. The van der Waals surface area contributed by atoms with E-state index >= 15 is 0 Å². The summed E-state index contributed by atoms with van der Waals surface area (Å²) in [6, 6.07) is 5.62. The summed E-state index contributed by atoms with van der Waals surface area (Å²) in [5.74, 6) is 6.11. The van der Waals surface area contributed by atoms with Crippen molar-refractivity contribution in [2.45, 2.75) is 6.92 Å². The summed E-state index contributed by atoms with van der Waals surface area (Å²) in [5.41, 5.74) is 5.03. The standard InChI is InChI=1S/C14H16N6/c1-10-11(5-7-17-2)6-8-20(10)13-4-3-12(9-18-13)14(15)19-16/h3-9H,2,16H2,1H3,(H2,15,19)/b7-5-. The summed E-state index contributed by atoms with van der Waals surface area (Å²) in [4.78, 5) is 8.04. The molecule has 2 aromatic rings. The largest absolute Gasteiger partial charge is 0.308 e. The van der Waals surface area contributed by atoms with Gasteiger partial charge in [-0.3, -0.25) is 10.4 Å². The van der Waals surface area contributed by atoms with Gasteiger partial charge in [-0.05, 0) is 43.5 Å². The van der Waals surface area contributed by atoms with Crippen molar-refractivity contribution >= 4 is 18.6 Å². The number of aliphatic imine (C=N–C) groups is 1. The number of hydrazine groups is 1. The van der Waals surface area contributed by atoms with Crippen LogP contribution in [0.2, 0.25) is 0 Å². The van der Waals surface area contributed by atoms with Gasteiger partial charge in [0.1, 0.15) is 11.7 Å². The van der Waals surface area contributed by atoms with Crippen LogP contribution in [0.5, 0.6) is 0 Å². The van der Waals surface area contributed by atoms with E-state index in [1.54, 1.807) is 18.5 Å². The van der Waals surface area contributed by atoms with Crippen LogP contribution in [-0.4, -0.2) is 22.1 Å². The first kappa shape index (κ1) is 13.7. The quantitative estimate of drug-likeness (QED) is 0.340. The normalized spacial score (nSPS) is 10.7. The van der Waals surface area contributed by atoms with Crippen molar-refractivity contribution in [2.75, 3.05) is 0 Å². The Hall–Kier alpha value is -2.73. The Morgan fingerprint density at radius 1 is 1.50 bits per heavy atom. The predicted molar refractivity (Wildman–Crippen MR) is 81.0 cm³/mol. The summed E-state index contributed by atoms with van der Waals surface area (Å²) in [7, 11) is 0. The van der Waals surface area contributed by atoms with Gasteiger partial charge in [-0.1, -0.05) is 0 Å². The first-order valence-electron chi connectivity index (χ1n) is 5.99. The second-order valence-corrected chi connectivity index (χ2v) is 4.15. The van der Waals surface area contributed by atoms with Gasteiger partial charge in [0.15, 0.2) is 0 Å². The van der Waals surface area contributed by atoms with Gasteiger partial charge in [0.25, 0.3) is 0 Å². The number of pyridine rings is 1. The van der Waals surface area contributed by atoms with Crippen LogP contribution in [0.25, 0.3) is 11.9 Å². The molecule has 2 rings (SSSR count). The van der Waals surface area contributed by atoms with Crippen molar-refractivity contribution < 1.29 is 0 Å². The molecule has 0 aliphatic heterocycles. The van der Waals surface area contributed by atoms with E-state index in [4.69, 9.17) is 11.3 Å². The molecule has 2 heterocycles. The summed E-state index contributed by atoms with van der Waals surface area (Å²) >= 11 is 0. The van der Waals surface area contributed by atoms with Gasteiger partial charge in [-0.2, -0.15) is 0 Å². The highest BCUT2D eigenvalue weighted by molar-refractivity contribution is 5.95. The Bertz CT molecular complexity index is 651. The lowest BCUT2D eigenvalue weighted by atomic mass is 10.2.